The fourth-order valence-electron chi connectivity index (χ4n) is 15.3. The highest BCUT2D eigenvalue weighted by Crippen LogP contribution is 2.57. The molecule has 0 fully saturated rings. The third-order valence-corrected chi connectivity index (χ3v) is 19.4. The van der Waals surface area contributed by atoms with Crippen molar-refractivity contribution in [1.29, 1.82) is 0 Å². The zero-order valence-corrected chi connectivity index (χ0v) is 49.9. The first-order valence-corrected chi connectivity index (χ1v) is 31.5. The molecule has 1 aliphatic carbocycles. The maximum atomic E-state index is 2.47. The van der Waals surface area contributed by atoms with Crippen LogP contribution in [0.25, 0.3) is 126 Å². The van der Waals surface area contributed by atoms with E-state index in [0.717, 1.165) is 44.9 Å². The summed E-state index contributed by atoms with van der Waals surface area (Å²) in [4.78, 5) is 2.43. The average molecular weight is 1160 g/mol. The van der Waals surface area contributed by atoms with Crippen LogP contribution in [0.15, 0.2) is 352 Å². The Kier molecular flexibility index (Phi) is 12.2. The number of hydrogen-bond acceptors (Lipinski definition) is 1. The summed E-state index contributed by atoms with van der Waals surface area (Å²) in [7, 11) is 0. The minimum atomic E-state index is -0.541. The van der Waals surface area contributed by atoms with Crippen LogP contribution < -0.4 is 4.90 Å². The Bertz CT molecular complexity index is 5610. The lowest BCUT2D eigenvalue weighted by molar-refractivity contribution is 0.768. The van der Waals surface area contributed by atoms with Crippen molar-refractivity contribution in [2.24, 2.45) is 0 Å². The van der Waals surface area contributed by atoms with Gasteiger partial charge >= 0.3 is 0 Å². The molecule has 0 bridgehead atoms. The van der Waals surface area contributed by atoms with Crippen molar-refractivity contribution in [2.75, 3.05) is 4.90 Å². The number of nitrogens with zero attached hydrogens (tertiary/aromatic N) is 2. The van der Waals surface area contributed by atoms with Gasteiger partial charge in [0.25, 0.3) is 0 Å². The molecule has 1 aliphatic rings. The second-order valence-electron chi connectivity index (χ2n) is 24.3. The summed E-state index contributed by atoms with van der Waals surface area (Å²) in [5.74, 6) is 0. The van der Waals surface area contributed by atoms with Gasteiger partial charge in [-0.25, -0.2) is 0 Å². The Morgan fingerprint density at radius 2 is 0.637 bits per heavy atom. The molecular weight excluding hydrogens is 1100 g/mol. The van der Waals surface area contributed by atoms with Crippen LogP contribution in [0, 0.1) is 0 Å². The van der Waals surface area contributed by atoms with E-state index in [4.69, 9.17) is 0 Å². The van der Waals surface area contributed by atoms with Crippen molar-refractivity contribution in [2.45, 2.75) is 5.41 Å². The van der Waals surface area contributed by atoms with Crippen LogP contribution in [0.2, 0.25) is 0 Å². The summed E-state index contributed by atoms with van der Waals surface area (Å²) >= 11 is 0. The lowest BCUT2D eigenvalue weighted by Crippen LogP contribution is -2.28. The van der Waals surface area contributed by atoms with Crippen LogP contribution in [0.1, 0.15) is 22.3 Å². The van der Waals surface area contributed by atoms with Gasteiger partial charge in [-0.15, -0.1) is 0 Å². The van der Waals surface area contributed by atoms with Gasteiger partial charge in [-0.2, -0.15) is 0 Å². The van der Waals surface area contributed by atoms with Crippen LogP contribution in [0.5, 0.6) is 0 Å². The van der Waals surface area contributed by atoms with Gasteiger partial charge < -0.3 is 9.47 Å². The molecular formula is C89H58N2. The van der Waals surface area contributed by atoms with E-state index in [1.165, 1.54) is 121 Å². The minimum Gasteiger partial charge on any atom is -0.310 e. The summed E-state index contributed by atoms with van der Waals surface area (Å²) in [6.45, 7) is 0. The molecule has 1 aromatic heterocycles. The zero-order valence-electron chi connectivity index (χ0n) is 49.9. The van der Waals surface area contributed by atoms with Gasteiger partial charge in [-0.05, 0) is 200 Å². The fourth-order valence-corrected chi connectivity index (χ4v) is 15.3. The SMILES string of the molecule is c1ccc(-c2ccc(N(c3ccc(-c4ccc5c(c4)c4cc(-c6cccc7ccccc67)ccc4n5-c4cccc(-c5ccc6c7ccccc7c7ccccc7c6c5)c4)cc3)c3ccc4c(c3)C(c3ccccc3)(c3ccccc3)c3ccccc3-4)cc2)cc1. The van der Waals surface area contributed by atoms with Crippen LogP contribution in [0.3, 0.4) is 0 Å². The van der Waals surface area contributed by atoms with Crippen molar-refractivity contribution in [1.82, 2.24) is 4.57 Å². The maximum Gasteiger partial charge on any atom is 0.0714 e. The Labute approximate surface area is 529 Å². The summed E-state index contributed by atoms with van der Waals surface area (Å²) in [5, 5.41) is 12.6. The zero-order chi connectivity index (χ0) is 60.0. The van der Waals surface area contributed by atoms with Gasteiger partial charge in [-0.1, -0.05) is 273 Å². The third kappa shape index (κ3) is 8.41. The topological polar surface area (TPSA) is 8.17 Å². The lowest BCUT2D eigenvalue weighted by Gasteiger charge is -2.35. The normalized spacial score (nSPS) is 12.5. The van der Waals surface area contributed by atoms with E-state index in [0.29, 0.717) is 0 Å². The third-order valence-electron chi connectivity index (χ3n) is 19.4. The molecule has 0 radical (unpaired) electrons. The van der Waals surface area contributed by atoms with Crippen molar-refractivity contribution >= 4 is 82.0 Å². The maximum absolute atomic E-state index is 2.47. The van der Waals surface area contributed by atoms with E-state index in [1.54, 1.807) is 0 Å². The molecule has 0 saturated heterocycles. The summed E-state index contributed by atoms with van der Waals surface area (Å²) < 4.78 is 2.47. The molecule has 0 unspecified atom stereocenters. The van der Waals surface area contributed by atoms with E-state index in [1.807, 2.05) is 0 Å². The van der Waals surface area contributed by atoms with E-state index in [2.05, 4.69) is 361 Å². The monoisotopic (exact) mass is 1150 g/mol. The molecule has 0 aliphatic heterocycles. The predicted octanol–water partition coefficient (Wildman–Crippen LogP) is 23.9. The molecule has 424 valence electrons. The van der Waals surface area contributed by atoms with E-state index in [9.17, 15) is 0 Å². The molecule has 0 N–H and O–H groups in total. The molecule has 0 atom stereocenters. The minimum absolute atomic E-state index is 0.541. The summed E-state index contributed by atoms with van der Waals surface area (Å²) in [5.41, 5.74) is 23.2. The molecule has 18 rings (SSSR count). The van der Waals surface area contributed by atoms with Crippen molar-refractivity contribution in [3.63, 3.8) is 0 Å². The first kappa shape index (κ1) is 52.3. The van der Waals surface area contributed by atoms with Gasteiger partial charge in [0.1, 0.15) is 0 Å². The van der Waals surface area contributed by atoms with Crippen LogP contribution >= 0.6 is 0 Å². The smallest absolute Gasteiger partial charge is 0.0714 e. The Morgan fingerprint density at radius 1 is 0.220 bits per heavy atom. The molecule has 16 aromatic carbocycles. The highest BCUT2D eigenvalue weighted by atomic mass is 15.1. The fraction of sp³-hybridized carbons (Fsp3) is 0.0112. The molecule has 0 amide bonds. The molecule has 0 spiro atoms. The van der Waals surface area contributed by atoms with Gasteiger partial charge in [0, 0.05) is 33.5 Å². The number of hydrogen-bond donors (Lipinski definition) is 0. The second-order valence-corrected chi connectivity index (χ2v) is 24.3. The van der Waals surface area contributed by atoms with Gasteiger partial charge in [0.15, 0.2) is 0 Å². The standard InChI is InChI=1S/C89H58N2/c1-4-20-59(21-5-1)60-38-45-69(46-39-60)90(72-49-51-81-80-35-16-17-37-85(80)89(86(81)58-72,67-25-6-2-7-26-67)68-27-8-3-9-28-68)70-47-40-61(41-48-70)64-43-52-87-83(56-64)84-57-66(74-36-19-23-62-22-10-11-30-73(62)74)44-53-88(84)91(87)71-29-18-24-63(54-71)65-42-50-79-77-33-13-12-31-75(77)76-32-14-15-34-78(76)82(79)55-65/h1-58H. The van der Waals surface area contributed by atoms with Gasteiger partial charge in [0.2, 0.25) is 0 Å². The van der Waals surface area contributed by atoms with Crippen LogP contribution in [-0.4, -0.2) is 4.57 Å². The number of fused-ring (bicyclic) bond motifs is 13. The van der Waals surface area contributed by atoms with Crippen molar-refractivity contribution in [3.8, 4) is 61.3 Å². The second kappa shape index (κ2) is 21.2. The van der Waals surface area contributed by atoms with Crippen molar-refractivity contribution < 1.29 is 0 Å². The Hall–Kier alpha value is -11.8. The Morgan fingerprint density at radius 3 is 1.31 bits per heavy atom. The lowest BCUT2D eigenvalue weighted by atomic mass is 9.67. The number of rotatable bonds is 10. The van der Waals surface area contributed by atoms with Crippen molar-refractivity contribution in [3.05, 3.63) is 374 Å². The Balaban J connectivity index is 0.781. The number of anilines is 3. The van der Waals surface area contributed by atoms with E-state index >= 15 is 0 Å². The molecule has 0 saturated carbocycles. The van der Waals surface area contributed by atoms with Crippen LogP contribution in [0.4, 0.5) is 17.1 Å². The molecule has 17 aromatic rings. The first-order chi connectivity index (χ1) is 45.1. The summed E-state index contributed by atoms with van der Waals surface area (Å²) in [6, 6.07) is 131. The number of aromatic nitrogens is 1. The molecule has 1 heterocycles. The average Bonchev–Trinajstić information content (AvgIpc) is 1.58. The molecule has 91 heavy (non-hydrogen) atoms. The molecule has 2 heteroatoms. The van der Waals surface area contributed by atoms with Crippen LogP contribution in [-0.2, 0) is 5.41 Å². The predicted molar refractivity (Wildman–Crippen MR) is 385 cm³/mol. The number of benzene rings is 16. The highest BCUT2D eigenvalue weighted by molar-refractivity contribution is 6.26. The first-order valence-electron chi connectivity index (χ1n) is 31.5. The van der Waals surface area contributed by atoms with Gasteiger partial charge in [-0.3, -0.25) is 0 Å². The summed E-state index contributed by atoms with van der Waals surface area (Å²) in [6.07, 6.45) is 0. The highest BCUT2D eigenvalue weighted by Gasteiger charge is 2.46. The van der Waals surface area contributed by atoms with E-state index in [-0.39, 0.29) is 0 Å². The largest absolute Gasteiger partial charge is 0.310 e. The quantitative estimate of drug-likeness (QED) is 0.124. The van der Waals surface area contributed by atoms with Gasteiger partial charge in [0.05, 0.1) is 16.4 Å². The van der Waals surface area contributed by atoms with E-state index < -0.39 is 5.41 Å². The molecule has 2 nitrogen and oxygen atoms in total.